The van der Waals surface area contributed by atoms with Crippen LogP contribution >= 0.6 is 12.6 Å². The van der Waals surface area contributed by atoms with E-state index in [0.717, 1.165) is 0 Å². The lowest BCUT2D eigenvalue weighted by Gasteiger charge is -1.91. The molecule has 11 heavy (non-hydrogen) atoms. The normalized spacial score (nSPS) is 8.45. The molecule has 5 heteroatoms. The molecule has 0 spiro atoms. The van der Waals surface area contributed by atoms with Crippen LogP contribution in [-0.4, -0.2) is 13.3 Å². The molecule has 55 valence electrons. The zero-order valence-electron chi connectivity index (χ0n) is 5.60. The van der Waals surface area contributed by atoms with Crippen molar-refractivity contribution in [2.45, 2.75) is 4.90 Å². The maximum absolute atomic E-state index is 10.2. The number of hydrogen-bond donors (Lipinski definition) is 1. The van der Waals surface area contributed by atoms with E-state index < -0.39 is 4.92 Å². The van der Waals surface area contributed by atoms with Crippen LogP contribution in [0, 0.1) is 10.1 Å². The molecule has 0 aliphatic carbocycles. The Morgan fingerprint density at radius 2 is 1.91 bits per heavy atom. The summed E-state index contributed by atoms with van der Waals surface area (Å²) >= 11 is 3.90. The molecule has 1 rings (SSSR count). The van der Waals surface area contributed by atoms with Crippen LogP contribution in [0.4, 0.5) is 5.69 Å². The Morgan fingerprint density at radius 1 is 1.36 bits per heavy atom. The van der Waals surface area contributed by atoms with Crippen molar-refractivity contribution in [1.82, 2.24) is 0 Å². The van der Waals surface area contributed by atoms with E-state index in [9.17, 15) is 10.1 Å². The van der Waals surface area contributed by atoms with E-state index in [0.29, 0.717) is 4.90 Å². The summed E-state index contributed by atoms with van der Waals surface area (Å²) in [5.74, 6) is 0. The molecule has 0 amide bonds. The second-order valence-corrected chi connectivity index (χ2v) is 2.23. The molecular formula is C6H5BNO2S. The molecule has 0 heterocycles. The highest BCUT2D eigenvalue weighted by Crippen LogP contribution is 2.20. The van der Waals surface area contributed by atoms with E-state index >= 15 is 0 Å². The van der Waals surface area contributed by atoms with Gasteiger partial charge in [-0.2, -0.15) is 0 Å². The van der Waals surface area contributed by atoms with Crippen molar-refractivity contribution >= 4 is 26.7 Å². The number of nitro benzene ring substituents is 1. The first-order chi connectivity index (χ1) is 4.72. The fourth-order valence-electron chi connectivity index (χ4n) is 0.619. The molecular weight excluding hydrogens is 161 g/mol. The molecule has 3 radical (unpaired) electrons. The summed E-state index contributed by atoms with van der Waals surface area (Å²) in [4.78, 5) is 10.1. The highest BCUT2D eigenvalue weighted by molar-refractivity contribution is 7.80. The van der Waals surface area contributed by atoms with E-state index in [2.05, 4.69) is 12.6 Å². The summed E-state index contributed by atoms with van der Waals surface area (Å²) in [5, 5.41) is 10.2. The van der Waals surface area contributed by atoms with Crippen LogP contribution in [0.5, 0.6) is 0 Å². The zero-order valence-corrected chi connectivity index (χ0v) is 6.49. The number of rotatable bonds is 1. The Bertz CT molecular complexity index is 267. The number of nitrogens with zero attached hydrogens (tertiary/aromatic N) is 1. The second-order valence-electron chi connectivity index (χ2n) is 1.75. The summed E-state index contributed by atoms with van der Waals surface area (Å²) in [7, 11) is 0. The van der Waals surface area contributed by atoms with E-state index in [1.165, 1.54) is 6.07 Å². The lowest BCUT2D eigenvalue weighted by Crippen LogP contribution is -1.87. The standard InChI is InChI=1S/C6H5NO2S.B/c8-7(9)5-3-1-2-4-6(5)10;/h1-4,10H;. The first-order valence-corrected chi connectivity index (χ1v) is 3.09. The van der Waals surface area contributed by atoms with Crippen LogP contribution in [0.2, 0.25) is 0 Å². The van der Waals surface area contributed by atoms with Gasteiger partial charge < -0.3 is 0 Å². The Kier molecular flexibility index (Phi) is 3.67. The third kappa shape index (κ3) is 2.27. The van der Waals surface area contributed by atoms with Gasteiger partial charge in [0.05, 0.1) is 9.82 Å². The number of benzene rings is 1. The van der Waals surface area contributed by atoms with Gasteiger partial charge in [-0.3, -0.25) is 10.1 Å². The van der Waals surface area contributed by atoms with Crippen molar-refractivity contribution in [3.8, 4) is 0 Å². The number of para-hydroxylation sites is 1. The minimum absolute atomic E-state index is 0. The highest BCUT2D eigenvalue weighted by atomic mass is 32.1. The van der Waals surface area contributed by atoms with Gasteiger partial charge in [0.2, 0.25) is 0 Å². The minimum Gasteiger partial charge on any atom is -0.258 e. The van der Waals surface area contributed by atoms with Crippen molar-refractivity contribution in [1.29, 1.82) is 0 Å². The van der Waals surface area contributed by atoms with Gasteiger partial charge in [-0.15, -0.1) is 12.6 Å². The first kappa shape index (κ1) is 10.0. The zero-order chi connectivity index (χ0) is 7.56. The predicted octanol–water partition coefficient (Wildman–Crippen LogP) is 1.50. The van der Waals surface area contributed by atoms with E-state index in [4.69, 9.17) is 0 Å². The number of thiol groups is 1. The van der Waals surface area contributed by atoms with Crippen LogP contribution in [0.15, 0.2) is 29.2 Å². The molecule has 0 saturated carbocycles. The average molecular weight is 166 g/mol. The summed E-state index contributed by atoms with van der Waals surface area (Å²) in [6.07, 6.45) is 0. The molecule has 0 N–H and O–H groups in total. The Labute approximate surface area is 71.6 Å². The molecule has 1 aromatic rings. The lowest BCUT2D eigenvalue weighted by atomic mass is 10.3. The van der Waals surface area contributed by atoms with Crippen molar-refractivity contribution in [3.63, 3.8) is 0 Å². The molecule has 0 saturated heterocycles. The summed E-state index contributed by atoms with van der Waals surface area (Å²) < 4.78 is 0. The first-order valence-electron chi connectivity index (χ1n) is 2.64. The van der Waals surface area contributed by atoms with E-state index in [-0.39, 0.29) is 14.1 Å². The SMILES string of the molecule is O=[N+]([O-])c1ccccc1S.[B]. The Morgan fingerprint density at radius 3 is 2.27 bits per heavy atom. The van der Waals surface area contributed by atoms with Gasteiger partial charge in [-0.25, -0.2) is 0 Å². The topological polar surface area (TPSA) is 43.1 Å². The smallest absolute Gasteiger partial charge is 0.258 e. The fourth-order valence-corrected chi connectivity index (χ4v) is 0.861. The second kappa shape index (κ2) is 4.03. The van der Waals surface area contributed by atoms with Crippen LogP contribution in [0.3, 0.4) is 0 Å². The lowest BCUT2D eigenvalue weighted by molar-refractivity contribution is -0.387. The number of nitro groups is 1. The van der Waals surface area contributed by atoms with E-state index in [1.54, 1.807) is 18.2 Å². The van der Waals surface area contributed by atoms with Gasteiger partial charge in [0.1, 0.15) is 0 Å². The van der Waals surface area contributed by atoms with Gasteiger partial charge in [0.25, 0.3) is 5.69 Å². The van der Waals surface area contributed by atoms with Crippen LogP contribution < -0.4 is 0 Å². The predicted molar refractivity (Wildman–Crippen MR) is 46.1 cm³/mol. The summed E-state index contributed by atoms with van der Waals surface area (Å²) in [5.41, 5.74) is 0.0471. The number of hydrogen-bond acceptors (Lipinski definition) is 3. The van der Waals surface area contributed by atoms with Crippen LogP contribution in [0.1, 0.15) is 0 Å². The third-order valence-corrected chi connectivity index (χ3v) is 1.46. The van der Waals surface area contributed by atoms with Gasteiger partial charge in [-0.1, -0.05) is 12.1 Å². The summed E-state index contributed by atoms with van der Waals surface area (Å²) in [6.45, 7) is 0. The molecule has 3 nitrogen and oxygen atoms in total. The molecule has 0 bridgehead atoms. The van der Waals surface area contributed by atoms with Crippen LogP contribution in [0.25, 0.3) is 0 Å². The van der Waals surface area contributed by atoms with Gasteiger partial charge in [-0.05, 0) is 6.07 Å². The van der Waals surface area contributed by atoms with Crippen molar-refractivity contribution in [3.05, 3.63) is 34.4 Å². The van der Waals surface area contributed by atoms with Gasteiger partial charge in [0.15, 0.2) is 0 Å². The highest BCUT2D eigenvalue weighted by Gasteiger charge is 2.06. The van der Waals surface area contributed by atoms with Crippen molar-refractivity contribution in [2.75, 3.05) is 0 Å². The molecule has 0 aliphatic rings. The summed E-state index contributed by atoms with van der Waals surface area (Å²) in [6, 6.07) is 6.32. The Balaban J connectivity index is 0.000001000. The molecule has 0 fully saturated rings. The largest absolute Gasteiger partial charge is 0.282 e. The van der Waals surface area contributed by atoms with Gasteiger partial charge in [0, 0.05) is 14.5 Å². The Hall–Kier alpha value is -0.965. The molecule has 0 unspecified atom stereocenters. The quantitative estimate of drug-likeness (QED) is 0.297. The van der Waals surface area contributed by atoms with E-state index in [1.807, 2.05) is 0 Å². The minimum atomic E-state index is -0.456. The average Bonchev–Trinajstić information content (AvgIpc) is 1.88. The van der Waals surface area contributed by atoms with Gasteiger partial charge >= 0.3 is 0 Å². The van der Waals surface area contributed by atoms with Crippen molar-refractivity contribution in [2.24, 2.45) is 0 Å². The molecule has 1 aromatic carbocycles. The fraction of sp³-hybridized carbons (Fsp3) is 0. The molecule has 0 aliphatic heterocycles. The van der Waals surface area contributed by atoms with Crippen molar-refractivity contribution < 1.29 is 4.92 Å². The molecule has 0 aromatic heterocycles. The third-order valence-electron chi connectivity index (χ3n) is 1.08. The maximum atomic E-state index is 10.2. The maximum Gasteiger partial charge on any atom is 0.282 e. The molecule has 0 atom stereocenters. The van der Waals surface area contributed by atoms with Crippen LogP contribution in [-0.2, 0) is 0 Å². The monoisotopic (exact) mass is 166 g/mol.